The molecule has 1 aromatic heterocycles. The van der Waals surface area contributed by atoms with Crippen LogP contribution in [-0.4, -0.2) is 32.7 Å². The molecule has 0 radical (unpaired) electrons. The van der Waals surface area contributed by atoms with E-state index in [1.807, 2.05) is 0 Å². The Labute approximate surface area is 101 Å². The average molecular weight is 254 g/mol. The Morgan fingerprint density at radius 1 is 1.53 bits per heavy atom. The van der Waals surface area contributed by atoms with Crippen LogP contribution in [0.2, 0.25) is 5.02 Å². The van der Waals surface area contributed by atoms with Crippen LogP contribution in [0, 0.1) is 0 Å². The van der Waals surface area contributed by atoms with Crippen LogP contribution in [-0.2, 0) is 4.79 Å². The summed E-state index contributed by atoms with van der Waals surface area (Å²) in [4.78, 5) is 10.5. The summed E-state index contributed by atoms with van der Waals surface area (Å²) >= 11 is 5.86. The van der Waals surface area contributed by atoms with Gasteiger partial charge in [-0.3, -0.25) is 0 Å². The zero-order valence-corrected chi connectivity index (χ0v) is 9.33. The minimum absolute atomic E-state index is 0.377. The number of ether oxygens (including phenoxy) is 1. The molecule has 2 aromatic rings. The van der Waals surface area contributed by atoms with E-state index in [2.05, 4.69) is 10.3 Å². The van der Waals surface area contributed by atoms with Crippen LogP contribution in [0.3, 0.4) is 0 Å². The van der Waals surface area contributed by atoms with E-state index in [-0.39, 0.29) is 0 Å². The van der Waals surface area contributed by atoms with Crippen molar-refractivity contribution in [1.82, 2.24) is 15.0 Å². The van der Waals surface area contributed by atoms with E-state index in [4.69, 9.17) is 21.4 Å². The zero-order valence-electron chi connectivity index (χ0n) is 8.58. The summed E-state index contributed by atoms with van der Waals surface area (Å²) in [5.41, 5.74) is 0.538. The number of carboxylic acid groups (broad SMARTS) is 1. The third-order valence-electron chi connectivity index (χ3n) is 1.94. The van der Waals surface area contributed by atoms with Crippen molar-refractivity contribution in [2.24, 2.45) is 0 Å². The summed E-state index contributed by atoms with van der Waals surface area (Å²) in [7, 11) is 0. The van der Waals surface area contributed by atoms with Gasteiger partial charge >= 0.3 is 5.97 Å². The maximum atomic E-state index is 10.5. The fourth-order valence-electron chi connectivity index (χ4n) is 1.27. The van der Waals surface area contributed by atoms with E-state index in [9.17, 15) is 4.79 Å². The minimum atomic E-state index is -1.05. The fourth-order valence-corrected chi connectivity index (χ4v) is 1.43. The highest BCUT2D eigenvalue weighted by atomic mass is 35.5. The molecule has 0 aliphatic rings. The monoisotopic (exact) mass is 253 g/mol. The number of aliphatic carboxylic acids is 1. The van der Waals surface area contributed by atoms with Gasteiger partial charge in [-0.05, 0) is 18.2 Å². The van der Waals surface area contributed by atoms with Crippen molar-refractivity contribution in [2.45, 2.75) is 0 Å². The third-order valence-corrected chi connectivity index (χ3v) is 2.18. The van der Waals surface area contributed by atoms with Gasteiger partial charge < -0.3 is 9.84 Å². The molecular formula is C10H8ClN3O3. The first-order valence-corrected chi connectivity index (χ1v) is 5.05. The third kappa shape index (κ3) is 2.73. The summed E-state index contributed by atoms with van der Waals surface area (Å²) in [6.07, 6.45) is 3.11. The van der Waals surface area contributed by atoms with Gasteiger partial charge in [0.05, 0.1) is 12.4 Å². The van der Waals surface area contributed by atoms with Crippen molar-refractivity contribution in [1.29, 1.82) is 0 Å². The highest BCUT2D eigenvalue weighted by molar-refractivity contribution is 6.30. The summed E-state index contributed by atoms with van der Waals surface area (Å²) in [6.45, 7) is -0.427. The number of halogens is 1. The van der Waals surface area contributed by atoms with Gasteiger partial charge in [0.25, 0.3) is 0 Å². The molecule has 1 aromatic carbocycles. The van der Waals surface area contributed by atoms with Gasteiger partial charge in [0.2, 0.25) is 0 Å². The lowest BCUT2D eigenvalue weighted by Gasteiger charge is -2.09. The van der Waals surface area contributed by atoms with E-state index in [0.29, 0.717) is 16.5 Å². The molecule has 0 aliphatic carbocycles. The quantitative estimate of drug-likeness (QED) is 0.891. The lowest BCUT2D eigenvalue weighted by molar-refractivity contribution is -0.139. The molecule has 88 valence electrons. The largest absolute Gasteiger partial charge is 0.480 e. The van der Waals surface area contributed by atoms with E-state index in [1.54, 1.807) is 24.4 Å². The molecule has 6 nitrogen and oxygen atoms in total. The summed E-state index contributed by atoms with van der Waals surface area (Å²) in [5.74, 6) is -0.674. The van der Waals surface area contributed by atoms with E-state index in [0.717, 1.165) is 0 Å². The number of hydrogen-bond acceptors (Lipinski definition) is 4. The van der Waals surface area contributed by atoms with Crippen LogP contribution in [0.4, 0.5) is 0 Å². The van der Waals surface area contributed by atoms with Crippen LogP contribution >= 0.6 is 11.6 Å². The lowest BCUT2D eigenvalue weighted by Crippen LogP contribution is -2.11. The van der Waals surface area contributed by atoms with Crippen molar-refractivity contribution >= 4 is 17.6 Å². The van der Waals surface area contributed by atoms with Crippen molar-refractivity contribution in [2.75, 3.05) is 6.61 Å². The first kappa shape index (κ1) is 11.4. The number of nitrogens with zero attached hydrogens (tertiary/aromatic N) is 3. The SMILES string of the molecule is O=C(O)COc1ccc(Cl)cc1-n1ccnn1. The maximum absolute atomic E-state index is 10.5. The van der Waals surface area contributed by atoms with Crippen LogP contribution in [0.5, 0.6) is 5.75 Å². The number of carboxylic acids is 1. The van der Waals surface area contributed by atoms with Crippen LogP contribution in [0.15, 0.2) is 30.6 Å². The molecule has 1 N–H and O–H groups in total. The number of aromatic nitrogens is 3. The van der Waals surface area contributed by atoms with Gasteiger partial charge in [0.1, 0.15) is 11.4 Å². The molecule has 0 saturated heterocycles. The van der Waals surface area contributed by atoms with Crippen LogP contribution in [0.25, 0.3) is 5.69 Å². The van der Waals surface area contributed by atoms with Gasteiger partial charge in [0.15, 0.2) is 6.61 Å². The van der Waals surface area contributed by atoms with Crippen molar-refractivity contribution in [3.63, 3.8) is 0 Å². The molecule has 0 amide bonds. The van der Waals surface area contributed by atoms with Gasteiger partial charge in [-0.2, -0.15) is 0 Å². The van der Waals surface area contributed by atoms with Gasteiger partial charge in [-0.15, -0.1) is 5.10 Å². The predicted octanol–water partition coefficient (Wildman–Crippen LogP) is 1.38. The Bertz CT molecular complexity index is 528. The Hall–Kier alpha value is -2.08. The van der Waals surface area contributed by atoms with E-state index in [1.165, 1.54) is 10.9 Å². The number of rotatable bonds is 4. The number of carbonyl (C=O) groups is 1. The number of hydrogen-bond donors (Lipinski definition) is 1. The second-order valence-corrected chi connectivity index (χ2v) is 3.58. The van der Waals surface area contributed by atoms with Gasteiger partial charge in [-0.25, -0.2) is 9.48 Å². The molecule has 0 bridgehead atoms. The molecule has 0 unspecified atom stereocenters. The predicted molar refractivity (Wildman–Crippen MR) is 59.5 cm³/mol. The normalized spacial score (nSPS) is 10.2. The van der Waals surface area contributed by atoms with Crippen molar-refractivity contribution in [3.05, 3.63) is 35.6 Å². The molecule has 0 aliphatic heterocycles. The Morgan fingerprint density at radius 2 is 2.35 bits per heavy atom. The van der Waals surface area contributed by atoms with E-state index < -0.39 is 12.6 Å². The van der Waals surface area contributed by atoms with E-state index >= 15 is 0 Å². The molecule has 0 spiro atoms. The van der Waals surface area contributed by atoms with Crippen LogP contribution < -0.4 is 4.74 Å². The molecule has 0 atom stereocenters. The Morgan fingerprint density at radius 3 is 3.00 bits per heavy atom. The molecule has 7 heteroatoms. The highest BCUT2D eigenvalue weighted by Gasteiger charge is 2.09. The standard InChI is InChI=1S/C10H8ClN3O3/c11-7-1-2-9(17-6-10(15)16)8(5-7)14-4-3-12-13-14/h1-5H,6H2,(H,15,16). The van der Waals surface area contributed by atoms with Crippen molar-refractivity contribution < 1.29 is 14.6 Å². The minimum Gasteiger partial charge on any atom is -0.480 e. The Kier molecular flexibility index (Phi) is 3.24. The lowest BCUT2D eigenvalue weighted by atomic mass is 10.3. The second kappa shape index (κ2) is 4.84. The molecule has 0 fully saturated rings. The summed E-state index contributed by atoms with van der Waals surface area (Å²) in [6, 6.07) is 4.81. The summed E-state index contributed by atoms with van der Waals surface area (Å²) in [5, 5.41) is 16.5. The second-order valence-electron chi connectivity index (χ2n) is 3.14. The zero-order chi connectivity index (χ0) is 12.3. The molecule has 0 saturated carbocycles. The topological polar surface area (TPSA) is 77.2 Å². The summed E-state index contributed by atoms with van der Waals surface area (Å²) < 4.78 is 6.58. The first-order chi connectivity index (χ1) is 8.16. The molecule has 17 heavy (non-hydrogen) atoms. The smallest absolute Gasteiger partial charge is 0.341 e. The highest BCUT2D eigenvalue weighted by Crippen LogP contribution is 2.25. The molecule has 1 heterocycles. The average Bonchev–Trinajstić information content (AvgIpc) is 2.80. The van der Waals surface area contributed by atoms with Crippen molar-refractivity contribution in [3.8, 4) is 11.4 Å². The van der Waals surface area contributed by atoms with Crippen LogP contribution in [0.1, 0.15) is 0 Å². The fraction of sp³-hybridized carbons (Fsp3) is 0.100. The van der Waals surface area contributed by atoms with Gasteiger partial charge in [-0.1, -0.05) is 16.8 Å². The number of benzene rings is 1. The van der Waals surface area contributed by atoms with Gasteiger partial charge in [0, 0.05) is 5.02 Å². The Balaban J connectivity index is 2.34. The molecule has 2 rings (SSSR count). The first-order valence-electron chi connectivity index (χ1n) is 4.67. The molecular weight excluding hydrogens is 246 g/mol. The maximum Gasteiger partial charge on any atom is 0.341 e.